The zero-order valence-electron chi connectivity index (χ0n) is 11.8. The topological polar surface area (TPSA) is 59.2 Å². The Bertz CT molecular complexity index is 621. The van der Waals surface area contributed by atoms with Gasteiger partial charge in [0, 0.05) is 24.8 Å². The Morgan fingerprint density at radius 3 is 2.67 bits per heavy atom. The summed E-state index contributed by atoms with van der Waals surface area (Å²) in [5.41, 5.74) is 8.84. The molecule has 2 aromatic rings. The van der Waals surface area contributed by atoms with Gasteiger partial charge in [-0.3, -0.25) is 9.78 Å². The van der Waals surface area contributed by atoms with Crippen molar-refractivity contribution in [2.24, 2.45) is 5.73 Å². The lowest BCUT2D eigenvalue weighted by Gasteiger charge is -2.22. The van der Waals surface area contributed by atoms with Gasteiger partial charge in [0.25, 0.3) is 0 Å². The maximum Gasteiger partial charge on any atom is 0.244 e. The van der Waals surface area contributed by atoms with Gasteiger partial charge in [-0.25, -0.2) is 0 Å². The van der Waals surface area contributed by atoms with Gasteiger partial charge in [-0.15, -0.1) is 0 Å². The molecule has 1 aromatic carbocycles. The smallest absolute Gasteiger partial charge is 0.244 e. The van der Waals surface area contributed by atoms with E-state index in [4.69, 9.17) is 5.73 Å². The van der Waals surface area contributed by atoms with Gasteiger partial charge < -0.3 is 10.6 Å². The fourth-order valence-corrected chi connectivity index (χ4v) is 2.76. The lowest BCUT2D eigenvalue weighted by Crippen LogP contribution is -2.36. The van der Waals surface area contributed by atoms with E-state index >= 15 is 0 Å². The van der Waals surface area contributed by atoms with E-state index in [-0.39, 0.29) is 5.91 Å². The number of amides is 1. The zero-order valence-corrected chi connectivity index (χ0v) is 11.8. The highest BCUT2D eigenvalue weighted by atomic mass is 16.2. The van der Waals surface area contributed by atoms with E-state index in [1.165, 1.54) is 0 Å². The lowest BCUT2D eigenvalue weighted by atomic mass is 9.95. The molecule has 21 heavy (non-hydrogen) atoms. The Balaban J connectivity index is 1.93. The standard InChI is InChI=1S/C17H18N3O/c18-16(17(21)20-10-3-4-11-20)15-8-2-1-7-14(15)13-6-5-9-19-12-13/h1-2,5-9,16H,3-4,10-11,18H2. The first-order chi connectivity index (χ1) is 10.3. The summed E-state index contributed by atoms with van der Waals surface area (Å²) in [5.74, 6) is 0.00356. The van der Waals surface area contributed by atoms with E-state index in [1.54, 1.807) is 6.20 Å². The largest absolute Gasteiger partial charge is 0.341 e. The molecule has 1 aliphatic rings. The van der Waals surface area contributed by atoms with Crippen LogP contribution in [-0.4, -0.2) is 28.9 Å². The van der Waals surface area contributed by atoms with Gasteiger partial charge in [0.05, 0.1) is 6.20 Å². The maximum absolute atomic E-state index is 12.5. The van der Waals surface area contributed by atoms with Crippen LogP contribution >= 0.6 is 0 Å². The molecule has 107 valence electrons. The van der Waals surface area contributed by atoms with E-state index in [0.29, 0.717) is 0 Å². The van der Waals surface area contributed by atoms with Crippen LogP contribution in [0.3, 0.4) is 0 Å². The van der Waals surface area contributed by atoms with E-state index in [9.17, 15) is 4.79 Å². The predicted octanol–water partition coefficient (Wildman–Crippen LogP) is 2.17. The minimum Gasteiger partial charge on any atom is -0.341 e. The highest BCUT2D eigenvalue weighted by molar-refractivity contribution is 5.86. The minimum absolute atomic E-state index is 0.00356. The molecule has 1 amide bonds. The third-order valence-corrected chi connectivity index (χ3v) is 3.88. The van der Waals surface area contributed by atoms with Crippen LogP contribution in [0.1, 0.15) is 24.4 Å². The number of likely N-dealkylation sites (tertiary alicyclic amines) is 1. The Morgan fingerprint density at radius 2 is 1.95 bits per heavy atom. The van der Waals surface area contributed by atoms with Crippen molar-refractivity contribution in [3.8, 4) is 11.1 Å². The molecule has 0 saturated carbocycles. The van der Waals surface area contributed by atoms with E-state index in [1.807, 2.05) is 41.3 Å². The monoisotopic (exact) mass is 280 g/mol. The highest BCUT2D eigenvalue weighted by Crippen LogP contribution is 2.28. The van der Waals surface area contributed by atoms with Gasteiger partial charge in [0.15, 0.2) is 0 Å². The van der Waals surface area contributed by atoms with Gasteiger partial charge in [-0.1, -0.05) is 30.3 Å². The third-order valence-electron chi connectivity index (χ3n) is 3.88. The van der Waals surface area contributed by atoms with Gasteiger partial charge >= 0.3 is 0 Å². The van der Waals surface area contributed by atoms with E-state index in [2.05, 4.69) is 11.2 Å². The molecule has 4 nitrogen and oxygen atoms in total. The third kappa shape index (κ3) is 2.81. The van der Waals surface area contributed by atoms with Crippen LogP contribution in [0.25, 0.3) is 11.1 Å². The van der Waals surface area contributed by atoms with Gasteiger partial charge in [0.1, 0.15) is 6.04 Å². The summed E-state index contributed by atoms with van der Waals surface area (Å²) in [5, 5.41) is 0. The second-order valence-electron chi connectivity index (χ2n) is 5.26. The van der Waals surface area contributed by atoms with Gasteiger partial charge in [-0.05, 0) is 30.0 Å². The zero-order chi connectivity index (χ0) is 14.7. The number of carbonyl (C=O) groups excluding carboxylic acids is 1. The predicted molar refractivity (Wildman–Crippen MR) is 81.3 cm³/mol. The fourth-order valence-electron chi connectivity index (χ4n) is 2.76. The average Bonchev–Trinajstić information content (AvgIpc) is 3.09. The molecule has 4 heteroatoms. The molecule has 1 radical (unpaired) electrons. The number of rotatable bonds is 3. The molecule has 2 heterocycles. The molecular weight excluding hydrogens is 262 g/mol. The first-order valence-electron chi connectivity index (χ1n) is 7.24. The van der Waals surface area contributed by atoms with Crippen LogP contribution in [0.5, 0.6) is 0 Å². The molecule has 0 spiro atoms. The van der Waals surface area contributed by atoms with E-state index in [0.717, 1.165) is 42.6 Å². The Kier molecular flexibility index (Phi) is 3.97. The molecular formula is C17H18N3O. The second-order valence-corrected chi connectivity index (χ2v) is 5.26. The molecule has 1 atom stereocenters. The van der Waals surface area contributed by atoms with Crippen LogP contribution in [-0.2, 0) is 4.79 Å². The molecule has 2 N–H and O–H groups in total. The van der Waals surface area contributed by atoms with Crippen LogP contribution in [0, 0.1) is 6.20 Å². The summed E-state index contributed by atoms with van der Waals surface area (Å²) >= 11 is 0. The highest BCUT2D eigenvalue weighted by Gasteiger charge is 2.26. The minimum atomic E-state index is -0.632. The number of hydrogen-bond donors (Lipinski definition) is 1. The SMILES string of the molecule is NC(C(=O)N1CCCC1)c1ccccc1-c1[c]nccc1. The van der Waals surface area contributed by atoms with Crippen LogP contribution < -0.4 is 5.73 Å². The van der Waals surface area contributed by atoms with Gasteiger partial charge in [-0.2, -0.15) is 0 Å². The molecule has 0 aliphatic carbocycles. The van der Waals surface area contributed by atoms with Crippen LogP contribution in [0.2, 0.25) is 0 Å². The molecule has 3 rings (SSSR count). The van der Waals surface area contributed by atoms with Crippen molar-refractivity contribution in [2.75, 3.05) is 13.1 Å². The quantitative estimate of drug-likeness (QED) is 0.937. The summed E-state index contributed by atoms with van der Waals surface area (Å²) in [7, 11) is 0. The number of benzene rings is 1. The molecule has 1 fully saturated rings. The summed E-state index contributed by atoms with van der Waals surface area (Å²) < 4.78 is 0. The molecule has 1 aliphatic heterocycles. The van der Waals surface area contributed by atoms with Crippen molar-refractivity contribution in [1.29, 1.82) is 0 Å². The molecule has 1 unspecified atom stereocenters. The van der Waals surface area contributed by atoms with Crippen molar-refractivity contribution in [3.05, 3.63) is 54.4 Å². The number of hydrogen-bond acceptors (Lipinski definition) is 3. The van der Waals surface area contributed by atoms with Crippen molar-refractivity contribution in [1.82, 2.24) is 9.88 Å². The summed E-state index contributed by atoms with van der Waals surface area (Å²) in [4.78, 5) is 18.4. The van der Waals surface area contributed by atoms with Crippen molar-refractivity contribution in [3.63, 3.8) is 0 Å². The van der Waals surface area contributed by atoms with Crippen molar-refractivity contribution in [2.45, 2.75) is 18.9 Å². The van der Waals surface area contributed by atoms with E-state index < -0.39 is 6.04 Å². The number of carbonyl (C=O) groups is 1. The number of nitrogens with two attached hydrogens (primary N) is 1. The molecule has 0 bridgehead atoms. The Hall–Kier alpha value is -2.20. The normalized spacial score (nSPS) is 16.0. The Labute approximate surface area is 124 Å². The summed E-state index contributed by atoms with van der Waals surface area (Å²) in [6, 6.07) is 10.9. The van der Waals surface area contributed by atoms with Gasteiger partial charge in [0.2, 0.25) is 5.91 Å². The fraction of sp³-hybridized carbons (Fsp3) is 0.294. The van der Waals surface area contributed by atoms with Crippen molar-refractivity contribution < 1.29 is 4.79 Å². The number of pyridine rings is 1. The first kappa shape index (κ1) is 13.8. The lowest BCUT2D eigenvalue weighted by molar-refractivity contribution is -0.131. The number of nitrogens with zero attached hydrogens (tertiary/aromatic N) is 2. The molecule has 1 aromatic heterocycles. The summed E-state index contributed by atoms with van der Waals surface area (Å²) in [6.45, 7) is 1.63. The van der Waals surface area contributed by atoms with Crippen molar-refractivity contribution >= 4 is 5.91 Å². The maximum atomic E-state index is 12.5. The summed E-state index contributed by atoms with van der Waals surface area (Å²) in [6.07, 6.45) is 6.77. The second kappa shape index (κ2) is 6.06. The van der Waals surface area contributed by atoms with Crippen LogP contribution in [0.15, 0.2) is 42.6 Å². The number of aromatic nitrogens is 1. The first-order valence-corrected chi connectivity index (χ1v) is 7.24. The average molecular weight is 280 g/mol. The van der Waals surface area contributed by atoms with Crippen LogP contribution in [0.4, 0.5) is 0 Å². The Morgan fingerprint density at radius 1 is 1.19 bits per heavy atom. The molecule has 1 saturated heterocycles.